The Kier molecular flexibility index (Phi) is 7.89. The molecule has 0 spiro atoms. The monoisotopic (exact) mass is 299 g/mol. The first-order chi connectivity index (χ1) is 10.1. The van der Waals surface area contributed by atoms with Crippen LogP contribution in [0.15, 0.2) is 18.2 Å². The summed E-state index contributed by atoms with van der Waals surface area (Å²) in [6.07, 6.45) is -0.636. The first-order valence-electron chi connectivity index (χ1n) is 6.85. The van der Waals surface area contributed by atoms with E-state index in [2.05, 4.69) is 5.32 Å². The van der Waals surface area contributed by atoms with E-state index in [0.29, 0.717) is 24.7 Å². The van der Waals surface area contributed by atoms with E-state index in [1.165, 1.54) is 0 Å². The van der Waals surface area contributed by atoms with Gasteiger partial charge in [0.1, 0.15) is 0 Å². The molecule has 0 aromatic heterocycles. The number of nitrogens with one attached hydrogen (secondary N) is 1. The minimum absolute atomic E-state index is 0.0364. The summed E-state index contributed by atoms with van der Waals surface area (Å²) in [5, 5.41) is 13.0. The summed E-state index contributed by atoms with van der Waals surface area (Å²) in [6.45, 7) is 3.05. The van der Waals surface area contributed by atoms with Crippen molar-refractivity contribution in [3.05, 3.63) is 18.2 Å². The maximum absolute atomic E-state index is 9.87. The Morgan fingerprint density at radius 2 is 1.81 bits per heavy atom. The Balaban J connectivity index is 2.40. The lowest BCUT2D eigenvalue weighted by molar-refractivity contribution is -0.0282. The van der Waals surface area contributed by atoms with Crippen LogP contribution in [-0.2, 0) is 9.47 Å². The van der Waals surface area contributed by atoms with Crippen LogP contribution in [0.3, 0.4) is 0 Å². The van der Waals surface area contributed by atoms with Crippen molar-refractivity contribution in [1.29, 1.82) is 0 Å². The summed E-state index contributed by atoms with van der Waals surface area (Å²) in [7, 11) is 4.80. The van der Waals surface area contributed by atoms with Gasteiger partial charge in [0.2, 0.25) is 0 Å². The van der Waals surface area contributed by atoms with Crippen LogP contribution in [0.4, 0.5) is 5.69 Å². The van der Waals surface area contributed by atoms with E-state index < -0.39 is 6.10 Å². The van der Waals surface area contributed by atoms with E-state index in [1.54, 1.807) is 21.3 Å². The van der Waals surface area contributed by atoms with E-state index in [0.717, 1.165) is 5.69 Å². The van der Waals surface area contributed by atoms with Gasteiger partial charge in [-0.05, 0) is 19.1 Å². The third-order valence-corrected chi connectivity index (χ3v) is 2.90. The van der Waals surface area contributed by atoms with E-state index in [1.807, 2.05) is 25.1 Å². The third-order valence-electron chi connectivity index (χ3n) is 2.90. The van der Waals surface area contributed by atoms with Gasteiger partial charge in [0.15, 0.2) is 11.5 Å². The van der Waals surface area contributed by atoms with Crippen LogP contribution in [0.25, 0.3) is 0 Å². The van der Waals surface area contributed by atoms with Gasteiger partial charge in [0, 0.05) is 25.4 Å². The highest BCUT2D eigenvalue weighted by atomic mass is 16.5. The van der Waals surface area contributed by atoms with Crippen molar-refractivity contribution < 1.29 is 24.1 Å². The van der Waals surface area contributed by atoms with Gasteiger partial charge < -0.3 is 29.4 Å². The molecule has 0 heterocycles. The van der Waals surface area contributed by atoms with E-state index in [9.17, 15) is 5.11 Å². The molecule has 0 bridgehead atoms. The fourth-order valence-electron chi connectivity index (χ4n) is 1.80. The van der Waals surface area contributed by atoms with Crippen molar-refractivity contribution in [2.24, 2.45) is 0 Å². The normalized spacial score (nSPS) is 13.6. The number of benzene rings is 1. The quantitative estimate of drug-likeness (QED) is 0.683. The summed E-state index contributed by atoms with van der Waals surface area (Å²) in [4.78, 5) is 0. The highest BCUT2D eigenvalue weighted by Crippen LogP contribution is 2.29. The van der Waals surface area contributed by atoms with Gasteiger partial charge >= 0.3 is 0 Å². The van der Waals surface area contributed by atoms with Gasteiger partial charge in [-0.25, -0.2) is 0 Å². The van der Waals surface area contributed by atoms with Gasteiger partial charge in [0.05, 0.1) is 39.6 Å². The molecule has 0 saturated heterocycles. The maximum Gasteiger partial charge on any atom is 0.162 e. The summed E-state index contributed by atoms with van der Waals surface area (Å²) >= 11 is 0. The number of methoxy groups -OCH3 is 3. The smallest absolute Gasteiger partial charge is 0.162 e. The number of hydrogen-bond donors (Lipinski definition) is 2. The molecule has 2 N–H and O–H groups in total. The predicted molar refractivity (Wildman–Crippen MR) is 81.3 cm³/mol. The summed E-state index contributed by atoms with van der Waals surface area (Å²) in [6, 6.07) is 5.49. The van der Waals surface area contributed by atoms with Crippen LogP contribution in [0, 0.1) is 0 Å². The van der Waals surface area contributed by atoms with Gasteiger partial charge in [-0.1, -0.05) is 0 Å². The molecule has 0 radical (unpaired) electrons. The van der Waals surface area contributed by atoms with Crippen molar-refractivity contribution in [2.75, 3.05) is 46.4 Å². The zero-order chi connectivity index (χ0) is 15.7. The minimum Gasteiger partial charge on any atom is -0.493 e. The van der Waals surface area contributed by atoms with Crippen LogP contribution in [0.1, 0.15) is 6.92 Å². The molecule has 6 nitrogen and oxygen atoms in total. The molecule has 0 aliphatic carbocycles. The van der Waals surface area contributed by atoms with Gasteiger partial charge in [0.25, 0.3) is 0 Å². The molecule has 0 fully saturated rings. The Morgan fingerprint density at radius 1 is 1.10 bits per heavy atom. The fourth-order valence-corrected chi connectivity index (χ4v) is 1.80. The lowest BCUT2D eigenvalue weighted by Crippen LogP contribution is -2.28. The van der Waals surface area contributed by atoms with Crippen LogP contribution < -0.4 is 14.8 Å². The number of hydrogen-bond acceptors (Lipinski definition) is 6. The van der Waals surface area contributed by atoms with E-state index in [4.69, 9.17) is 18.9 Å². The number of ether oxygens (including phenoxy) is 4. The SMILES string of the molecule is COCC(C)OCC(O)CNc1ccc(OC)c(OC)c1. The second kappa shape index (κ2) is 9.44. The molecule has 2 unspecified atom stereocenters. The van der Waals surface area contributed by atoms with Crippen molar-refractivity contribution >= 4 is 5.69 Å². The Labute approximate surface area is 126 Å². The maximum atomic E-state index is 9.87. The average Bonchev–Trinajstić information content (AvgIpc) is 2.50. The molecule has 6 heteroatoms. The second-order valence-corrected chi connectivity index (χ2v) is 4.70. The number of rotatable bonds is 10. The number of anilines is 1. The van der Waals surface area contributed by atoms with Crippen LogP contribution in [-0.4, -0.2) is 58.4 Å². The lowest BCUT2D eigenvalue weighted by Gasteiger charge is -2.17. The van der Waals surface area contributed by atoms with Crippen molar-refractivity contribution in [1.82, 2.24) is 0 Å². The lowest BCUT2D eigenvalue weighted by atomic mass is 10.2. The summed E-state index contributed by atoms with van der Waals surface area (Å²) in [5.41, 5.74) is 0.844. The second-order valence-electron chi connectivity index (χ2n) is 4.70. The Bertz CT molecular complexity index is 413. The van der Waals surface area contributed by atoms with Crippen molar-refractivity contribution in [2.45, 2.75) is 19.1 Å². The molecular weight excluding hydrogens is 274 g/mol. The van der Waals surface area contributed by atoms with Crippen LogP contribution in [0.2, 0.25) is 0 Å². The number of aliphatic hydroxyl groups excluding tert-OH is 1. The molecule has 0 amide bonds. The van der Waals surface area contributed by atoms with Crippen LogP contribution >= 0.6 is 0 Å². The number of aliphatic hydroxyl groups is 1. The Morgan fingerprint density at radius 3 is 2.43 bits per heavy atom. The highest BCUT2D eigenvalue weighted by molar-refractivity contribution is 5.54. The average molecular weight is 299 g/mol. The molecule has 1 aromatic carbocycles. The molecule has 21 heavy (non-hydrogen) atoms. The van der Waals surface area contributed by atoms with Gasteiger partial charge in [-0.3, -0.25) is 0 Å². The van der Waals surface area contributed by atoms with Gasteiger partial charge in [-0.2, -0.15) is 0 Å². The van der Waals surface area contributed by atoms with Crippen LogP contribution in [0.5, 0.6) is 11.5 Å². The standard InChI is InChI=1S/C15H25NO5/c1-11(9-18-2)21-10-13(17)8-16-12-5-6-14(19-3)15(7-12)20-4/h5-7,11,13,16-17H,8-10H2,1-4H3. The van der Waals surface area contributed by atoms with Crippen molar-refractivity contribution in [3.8, 4) is 11.5 Å². The predicted octanol–water partition coefficient (Wildman–Crippen LogP) is 1.53. The Hall–Kier alpha value is -1.50. The molecule has 1 rings (SSSR count). The topological polar surface area (TPSA) is 69.2 Å². The van der Waals surface area contributed by atoms with Crippen molar-refractivity contribution in [3.63, 3.8) is 0 Å². The molecule has 2 atom stereocenters. The summed E-state index contributed by atoms with van der Waals surface area (Å²) < 4.78 is 20.8. The zero-order valence-electron chi connectivity index (χ0n) is 13.1. The molecule has 120 valence electrons. The molecule has 1 aromatic rings. The first kappa shape index (κ1) is 17.6. The van der Waals surface area contributed by atoms with E-state index >= 15 is 0 Å². The minimum atomic E-state index is -0.600. The fraction of sp³-hybridized carbons (Fsp3) is 0.600. The molecular formula is C15H25NO5. The highest BCUT2D eigenvalue weighted by Gasteiger charge is 2.09. The summed E-state index contributed by atoms with van der Waals surface area (Å²) in [5.74, 6) is 1.31. The largest absolute Gasteiger partial charge is 0.493 e. The van der Waals surface area contributed by atoms with Gasteiger partial charge in [-0.15, -0.1) is 0 Å². The molecule has 0 aliphatic rings. The van der Waals surface area contributed by atoms with E-state index in [-0.39, 0.29) is 12.7 Å². The molecule has 0 saturated carbocycles. The first-order valence-corrected chi connectivity index (χ1v) is 6.85. The zero-order valence-corrected chi connectivity index (χ0v) is 13.1. The molecule has 0 aliphatic heterocycles. The third kappa shape index (κ3) is 6.20.